The van der Waals surface area contributed by atoms with Crippen molar-refractivity contribution in [3.8, 4) is 5.75 Å². The van der Waals surface area contributed by atoms with E-state index in [0.29, 0.717) is 0 Å². The maximum atomic E-state index is 14.1. The molecular weight excluding hydrogens is 511 g/mol. The van der Waals surface area contributed by atoms with Crippen LogP contribution in [0.5, 0.6) is 5.75 Å². The lowest BCUT2D eigenvalue weighted by molar-refractivity contribution is -0.153. The monoisotopic (exact) mass is 518 g/mol. The minimum absolute atomic E-state index is 0.0557. The lowest BCUT2D eigenvalue weighted by atomic mass is 10.1. The van der Waals surface area contributed by atoms with Gasteiger partial charge in [-0.15, -0.1) is 0 Å². The summed E-state index contributed by atoms with van der Waals surface area (Å²) in [6.07, 6.45) is -3.84. The van der Waals surface area contributed by atoms with Crippen LogP contribution >= 0.6 is 23.2 Å². The average molecular weight is 519 g/mol. The van der Waals surface area contributed by atoms with E-state index >= 15 is 0 Å². The standard InChI is InChI=1S/C19H8Cl2F8N2O2/c1-6-9(3-7-2-8(20)4-10(21)17(7)33-5-19(27,28)29)18(32)31(30-6)16-14(25)12(23)11(22)13(24)15(16)26/h2-4H,5H2,1H3/b9-3-. The first-order valence-electron chi connectivity index (χ1n) is 8.54. The fraction of sp³-hybridized carbons (Fsp3) is 0.158. The summed E-state index contributed by atoms with van der Waals surface area (Å²) in [5.74, 6) is -13.5. The van der Waals surface area contributed by atoms with Crippen molar-refractivity contribution < 1.29 is 44.7 Å². The fourth-order valence-corrected chi connectivity index (χ4v) is 3.33. The van der Waals surface area contributed by atoms with E-state index in [0.717, 1.165) is 25.1 Å². The van der Waals surface area contributed by atoms with Crippen molar-refractivity contribution in [2.45, 2.75) is 13.1 Å². The van der Waals surface area contributed by atoms with Gasteiger partial charge in [0.05, 0.1) is 16.3 Å². The highest BCUT2D eigenvalue weighted by atomic mass is 35.5. The summed E-state index contributed by atoms with van der Waals surface area (Å²) >= 11 is 11.7. The van der Waals surface area contributed by atoms with Gasteiger partial charge in [0.1, 0.15) is 11.4 Å². The molecule has 0 saturated carbocycles. The van der Waals surface area contributed by atoms with E-state index in [4.69, 9.17) is 23.2 Å². The summed E-state index contributed by atoms with van der Waals surface area (Å²) in [7, 11) is 0. The van der Waals surface area contributed by atoms with Crippen molar-refractivity contribution in [1.82, 2.24) is 0 Å². The molecule has 2 aromatic rings. The summed E-state index contributed by atoms with van der Waals surface area (Å²) in [6.45, 7) is -0.597. The van der Waals surface area contributed by atoms with E-state index < -0.39 is 64.8 Å². The second-order valence-corrected chi connectivity index (χ2v) is 7.33. The molecule has 1 amide bonds. The van der Waals surface area contributed by atoms with Crippen LogP contribution in [0.15, 0.2) is 22.8 Å². The number of hydrogen-bond acceptors (Lipinski definition) is 3. The Morgan fingerprint density at radius 3 is 2.09 bits per heavy atom. The number of alkyl halides is 3. The van der Waals surface area contributed by atoms with E-state index in [1.807, 2.05) is 0 Å². The molecule has 0 bridgehead atoms. The zero-order chi connectivity index (χ0) is 24.8. The van der Waals surface area contributed by atoms with Crippen LogP contribution in [0.2, 0.25) is 10.0 Å². The van der Waals surface area contributed by atoms with Gasteiger partial charge in [0.15, 0.2) is 29.9 Å². The third-order valence-corrected chi connectivity index (χ3v) is 4.68. The van der Waals surface area contributed by atoms with E-state index in [9.17, 15) is 39.9 Å². The Hall–Kier alpha value is -2.86. The second kappa shape index (κ2) is 8.82. The number of halogens is 10. The average Bonchev–Trinajstić information content (AvgIpc) is 2.97. The van der Waals surface area contributed by atoms with Gasteiger partial charge in [-0.1, -0.05) is 23.2 Å². The van der Waals surface area contributed by atoms with Gasteiger partial charge < -0.3 is 4.74 Å². The molecule has 1 aliphatic rings. The summed E-state index contributed by atoms with van der Waals surface area (Å²) in [5, 5.41) is 3.05. The molecule has 14 heteroatoms. The largest absolute Gasteiger partial charge is 0.482 e. The molecule has 0 N–H and O–H groups in total. The van der Waals surface area contributed by atoms with Gasteiger partial charge in [-0.25, -0.2) is 22.0 Å². The summed E-state index contributed by atoms with van der Waals surface area (Å²) in [4.78, 5) is 12.7. The van der Waals surface area contributed by atoms with Crippen LogP contribution in [0.4, 0.5) is 40.8 Å². The molecule has 1 heterocycles. The Balaban J connectivity index is 2.09. The van der Waals surface area contributed by atoms with E-state index in [2.05, 4.69) is 9.84 Å². The SMILES string of the molecule is CC1=NN(c2c(F)c(F)c(F)c(F)c2F)C(=O)/C1=C\c1cc(Cl)cc(Cl)c1OCC(F)(F)F. The molecule has 176 valence electrons. The number of amides is 1. The number of anilines is 1. The quantitative estimate of drug-likeness (QED) is 0.202. The number of hydrazone groups is 1. The maximum absolute atomic E-state index is 14.1. The second-order valence-electron chi connectivity index (χ2n) is 6.49. The lowest BCUT2D eigenvalue weighted by Gasteiger charge is -2.15. The molecule has 0 spiro atoms. The van der Waals surface area contributed by atoms with Gasteiger partial charge in [-0.05, 0) is 25.1 Å². The summed E-state index contributed by atoms with van der Waals surface area (Å²) in [6, 6.07) is 2.14. The Morgan fingerprint density at radius 2 is 1.55 bits per heavy atom. The molecule has 33 heavy (non-hydrogen) atoms. The molecule has 3 rings (SSSR count). The normalized spacial score (nSPS) is 15.5. The van der Waals surface area contributed by atoms with E-state index in [1.165, 1.54) is 0 Å². The molecule has 0 unspecified atom stereocenters. The summed E-state index contributed by atoms with van der Waals surface area (Å²) in [5.41, 5.74) is -2.60. The number of hydrogen-bond donors (Lipinski definition) is 0. The third kappa shape index (κ3) is 4.76. The number of ether oxygens (including phenoxy) is 1. The van der Waals surface area contributed by atoms with Crippen LogP contribution in [0, 0.1) is 29.1 Å². The van der Waals surface area contributed by atoms with Crippen LogP contribution < -0.4 is 9.75 Å². The number of carbonyl (C=O) groups is 1. The van der Waals surface area contributed by atoms with Crippen molar-refractivity contribution in [3.05, 3.63) is 62.4 Å². The highest BCUT2D eigenvalue weighted by Crippen LogP contribution is 2.37. The Labute approximate surface area is 189 Å². The van der Waals surface area contributed by atoms with Crippen LogP contribution in [0.1, 0.15) is 12.5 Å². The molecule has 4 nitrogen and oxygen atoms in total. The number of carbonyl (C=O) groups excluding carboxylic acids is 1. The van der Waals surface area contributed by atoms with E-state index in [-0.39, 0.29) is 26.3 Å². The molecule has 2 aromatic carbocycles. The predicted molar refractivity (Wildman–Crippen MR) is 103 cm³/mol. The van der Waals surface area contributed by atoms with Crippen LogP contribution in [-0.4, -0.2) is 24.4 Å². The first-order valence-corrected chi connectivity index (χ1v) is 9.30. The Kier molecular flexibility index (Phi) is 6.62. The highest BCUT2D eigenvalue weighted by molar-refractivity contribution is 6.36. The zero-order valence-corrected chi connectivity index (χ0v) is 17.4. The van der Waals surface area contributed by atoms with Crippen molar-refractivity contribution >= 4 is 46.6 Å². The van der Waals surface area contributed by atoms with E-state index in [1.54, 1.807) is 0 Å². The maximum Gasteiger partial charge on any atom is 0.422 e. The van der Waals surface area contributed by atoms with Crippen LogP contribution in [-0.2, 0) is 4.79 Å². The highest BCUT2D eigenvalue weighted by Gasteiger charge is 2.37. The van der Waals surface area contributed by atoms with Gasteiger partial charge in [-0.2, -0.15) is 23.3 Å². The minimum atomic E-state index is -4.74. The predicted octanol–water partition coefficient (Wildman–Crippen LogP) is 6.44. The van der Waals surface area contributed by atoms with Crippen molar-refractivity contribution in [2.75, 3.05) is 11.6 Å². The first-order chi connectivity index (χ1) is 15.2. The zero-order valence-electron chi connectivity index (χ0n) is 15.9. The van der Waals surface area contributed by atoms with Gasteiger partial charge >= 0.3 is 6.18 Å². The van der Waals surface area contributed by atoms with Gasteiger partial charge in [-0.3, -0.25) is 4.79 Å². The molecule has 0 aliphatic carbocycles. The molecule has 0 fully saturated rings. The molecule has 0 atom stereocenters. The number of nitrogens with zero attached hydrogens (tertiary/aromatic N) is 2. The fourth-order valence-electron chi connectivity index (χ4n) is 2.76. The van der Waals surface area contributed by atoms with Gasteiger partial charge in [0.25, 0.3) is 5.91 Å². The smallest absolute Gasteiger partial charge is 0.422 e. The van der Waals surface area contributed by atoms with Crippen LogP contribution in [0.25, 0.3) is 6.08 Å². The molecule has 1 aliphatic heterocycles. The van der Waals surface area contributed by atoms with Crippen molar-refractivity contribution in [1.29, 1.82) is 0 Å². The van der Waals surface area contributed by atoms with Crippen molar-refractivity contribution in [3.63, 3.8) is 0 Å². The minimum Gasteiger partial charge on any atom is -0.482 e. The van der Waals surface area contributed by atoms with Gasteiger partial charge in [0, 0.05) is 10.6 Å². The summed E-state index contributed by atoms with van der Waals surface area (Å²) < 4.78 is 111. The number of rotatable bonds is 4. The first kappa shape index (κ1) is 24.8. The van der Waals surface area contributed by atoms with Crippen LogP contribution in [0.3, 0.4) is 0 Å². The lowest BCUT2D eigenvalue weighted by Crippen LogP contribution is -2.25. The number of benzene rings is 2. The van der Waals surface area contributed by atoms with Crippen molar-refractivity contribution in [2.24, 2.45) is 5.10 Å². The molecule has 0 radical (unpaired) electrons. The molecule has 0 saturated heterocycles. The Morgan fingerprint density at radius 1 is 1.00 bits per heavy atom. The van der Waals surface area contributed by atoms with Gasteiger partial charge in [0.2, 0.25) is 5.82 Å². The molecular formula is C19H8Cl2F8N2O2. The Bertz CT molecular complexity index is 1200. The topological polar surface area (TPSA) is 41.9 Å². The molecule has 0 aromatic heterocycles. The third-order valence-electron chi connectivity index (χ3n) is 4.18.